The number of ether oxygens (including phenoxy) is 3. The molecule has 0 amide bonds. The number of carbonyl (C=O) groups excluding carboxylic acids is 1. The van der Waals surface area contributed by atoms with Crippen LogP contribution in [0.4, 0.5) is 0 Å². The van der Waals surface area contributed by atoms with Gasteiger partial charge in [0.05, 0.1) is 14.2 Å². The van der Waals surface area contributed by atoms with Gasteiger partial charge in [-0.15, -0.1) is 0 Å². The molecular formula is C19H19NO6. The lowest BCUT2D eigenvalue weighted by atomic mass is 10.1. The summed E-state index contributed by atoms with van der Waals surface area (Å²) in [5, 5.41) is 3.94. The molecule has 7 nitrogen and oxygen atoms in total. The van der Waals surface area contributed by atoms with Crippen molar-refractivity contribution < 1.29 is 27.9 Å². The molecule has 1 aromatic carbocycles. The third-order valence-corrected chi connectivity index (χ3v) is 3.84. The summed E-state index contributed by atoms with van der Waals surface area (Å²) in [5.41, 5.74) is 1.68. The minimum absolute atomic E-state index is 0.000704. The molecular weight excluding hydrogens is 338 g/mol. The van der Waals surface area contributed by atoms with Gasteiger partial charge in [-0.2, -0.15) is 0 Å². The lowest BCUT2D eigenvalue weighted by molar-refractivity contribution is 0.0462. The number of aromatic nitrogens is 1. The molecule has 0 saturated carbocycles. The maximum atomic E-state index is 12.1. The van der Waals surface area contributed by atoms with Gasteiger partial charge < -0.3 is 23.2 Å². The third-order valence-electron chi connectivity index (χ3n) is 3.84. The van der Waals surface area contributed by atoms with Crippen molar-refractivity contribution in [1.82, 2.24) is 5.16 Å². The number of rotatable bonds is 6. The summed E-state index contributed by atoms with van der Waals surface area (Å²) in [6.07, 6.45) is 0. The molecule has 3 aromatic rings. The van der Waals surface area contributed by atoms with Crippen LogP contribution in [0.1, 0.15) is 27.6 Å². The lowest BCUT2D eigenvalue weighted by Crippen LogP contribution is -2.05. The Morgan fingerprint density at radius 3 is 2.50 bits per heavy atom. The fraction of sp³-hybridized carbons (Fsp3) is 0.263. The predicted octanol–water partition coefficient (Wildman–Crippen LogP) is 3.93. The number of aryl methyl sites for hydroxylation is 2. The van der Waals surface area contributed by atoms with Gasteiger partial charge >= 0.3 is 5.97 Å². The number of nitrogens with zero attached hydrogens (tertiary/aromatic N) is 1. The zero-order chi connectivity index (χ0) is 18.7. The van der Waals surface area contributed by atoms with Gasteiger partial charge in [0.25, 0.3) is 0 Å². The summed E-state index contributed by atoms with van der Waals surface area (Å²) >= 11 is 0. The van der Waals surface area contributed by atoms with Crippen molar-refractivity contribution in [3.05, 3.63) is 53.1 Å². The first-order valence-electron chi connectivity index (χ1n) is 7.94. The molecule has 0 spiro atoms. The van der Waals surface area contributed by atoms with Gasteiger partial charge in [0.2, 0.25) is 0 Å². The normalized spacial score (nSPS) is 10.6. The van der Waals surface area contributed by atoms with Crippen LogP contribution in [0.25, 0.3) is 11.3 Å². The Morgan fingerprint density at radius 1 is 1.08 bits per heavy atom. The van der Waals surface area contributed by atoms with Crippen LogP contribution in [-0.4, -0.2) is 25.3 Å². The molecule has 0 N–H and O–H groups in total. The Labute approximate surface area is 150 Å². The van der Waals surface area contributed by atoms with E-state index in [1.165, 1.54) is 0 Å². The fourth-order valence-electron chi connectivity index (χ4n) is 2.56. The standard InChI is InChI=1S/C19H19NO6/c1-11-7-15(12(2)25-11)19(21)24-10-14-9-17(26-20-14)13-5-6-16(22-3)18(8-13)23-4/h5-9H,10H2,1-4H3. The smallest absolute Gasteiger partial charge is 0.342 e. The molecule has 0 bridgehead atoms. The number of hydrogen-bond acceptors (Lipinski definition) is 7. The van der Waals surface area contributed by atoms with Gasteiger partial charge in [-0.25, -0.2) is 4.79 Å². The molecule has 2 heterocycles. The van der Waals surface area contributed by atoms with Gasteiger partial charge in [0.1, 0.15) is 29.4 Å². The average Bonchev–Trinajstić information content (AvgIpc) is 3.25. The van der Waals surface area contributed by atoms with E-state index in [4.69, 9.17) is 23.2 Å². The first-order chi connectivity index (χ1) is 12.5. The zero-order valence-corrected chi connectivity index (χ0v) is 15.0. The molecule has 0 aliphatic heterocycles. The molecule has 0 fully saturated rings. The average molecular weight is 357 g/mol. The van der Waals surface area contributed by atoms with Gasteiger partial charge in [-0.1, -0.05) is 5.16 Å². The van der Waals surface area contributed by atoms with Crippen molar-refractivity contribution in [2.45, 2.75) is 20.5 Å². The van der Waals surface area contributed by atoms with Crippen LogP contribution < -0.4 is 9.47 Å². The Morgan fingerprint density at radius 2 is 1.85 bits per heavy atom. The second-order valence-corrected chi connectivity index (χ2v) is 5.66. The van der Waals surface area contributed by atoms with E-state index < -0.39 is 5.97 Å². The summed E-state index contributed by atoms with van der Waals surface area (Å²) in [6, 6.07) is 8.75. The van der Waals surface area contributed by atoms with Crippen LogP contribution in [0.2, 0.25) is 0 Å². The number of carbonyl (C=O) groups is 1. The predicted molar refractivity (Wildman–Crippen MR) is 92.3 cm³/mol. The van der Waals surface area contributed by atoms with Crippen LogP contribution in [0.5, 0.6) is 11.5 Å². The molecule has 3 rings (SSSR count). The first-order valence-corrected chi connectivity index (χ1v) is 7.94. The molecule has 2 aromatic heterocycles. The summed E-state index contributed by atoms with van der Waals surface area (Å²) in [6.45, 7) is 3.49. The zero-order valence-electron chi connectivity index (χ0n) is 15.0. The second kappa shape index (κ2) is 7.35. The van der Waals surface area contributed by atoms with Crippen LogP contribution in [0, 0.1) is 13.8 Å². The molecule has 0 saturated heterocycles. The Balaban J connectivity index is 1.70. The van der Waals surface area contributed by atoms with Crippen molar-refractivity contribution >= 4 is 5.97 Å². The highest BCUT2D eigenvalue weighted by Crippen LogP contribution is 2.32. The maximum Gasteiger partial charge on any atom is 0.342 e. The molecule has 26 heavy (non-hydrogen) atoms. The molecule has 0 aliphatic carbocycles. The number of methoxy groups -OCH3 is 2. The monoisotopic (exact) mass is 357 g/mol. The first kappa shape index (κ1) is 17.6. The quantitative estimate of drug-likeness (QED) is 0.618. The summed E-state index contributed by atoms with van der Waals surface area (Å²) in [4.78, 5) is 12.1. The van der Waals surface area contributed by atoms with Crippen molar-refractivity contribution in [2.24, 2.45) is 0 Å². The van der Waals surface area contributed by atoms with Crippen LogP contribution in [-0.2, 0) is 11.3 Å². The Hall–Kier alpha value is -3.22. The SMILES string of the molecule is COc1ccc(-c2cc(COC(=O)c3cc(C)oc3C)no2)cc1OC. The number of esters is 1. The van der Waals surface area contributed by atoms with E-state index in [9.17, 15) is 4.79 Å². The third kappa shape index (κ3) is 3.56. The largest absolute Gasteiger partial charge is 0.493 e. The highest BCUT2D eigenvalue weighted by atomic mass is 16.5. The van der Waals surface area contributed by atoms with Crippen molar-refractivity contribution in [1.29, 1.82) is 0 Å². The summed E-state index contributed by atoms with van der Waals surface area (Å²) < 4.78 is 26.4. The molecule has 0 atom stereocenters. The highest BCUT2D eigenvalue weighted by molar-refractivity contribution is 5.90. The maximum absolute atomic E-state index is 12.1. The Bertz CT molecular complexity index is 924. The number of hydrogen-bond donors (Lipinski definition) is 0. The van der Waals surface area contributed by atoms with E-state index >= 15 is 0 Å². The van der Waals surface area contributed by atoms with Crippen molar-refractivity contribution in [3.63, 3.8) is 0 Å². The van der Waals surface area contributed by atoms with E-state index in [-0.39, 0.29) is 6.61 Å². The van der Waals surface area contributed by atoms with Gasteiger partial charge in [-0.05, 0) is 38.1 Å². The minimum atomic E-state index is -0.463. The van der Waals surface area contributed by atoms with E-state index in [1.807, 2.05) is 6.07 Å². The number of benzene rings is 1. The van der Waals surface area contributed by atoms with Gasteiger partial charge in [0, 0.05) is 11.6 Å². The van der Waals surface area contributed by atoms with Crippen LogP contribution in [0.3, 0.4) is 0 Å². The van der Waals surface area contributed by atoms with Crippen molar-refractivity contribution in [2.75, 3.05) is 14.2 Å². The highest BCUT2D eigenvalue weighted by Gasteiger charge is 2.16. The fourth-order valence-corrected chi connectivity index (χ4v) is 2.56. The van der Waals surface area contributed by atoms with E-state index in [1.54, 1.807) is 52.3 Å². The molecule has 0 radical (unpaired) electrons. The van der Waals surface area contributed by atoms with E-state index in [0.29, 0.717) is 40.0 Å². The molecule has 0 aliphatic rings. The minimum Gasteiger partial charge on any atom is -0.493 e. The summed E-state index contributed by atoms with van der Waals surface area (Å²) in [5.74, 6) is 2.46. The molecule has 0 unspecified atom stereocenters. The second-order valence-electron chi connectivity index (χ2n) is 5.66. The van der Waals surface area contributed by atoms with Gasteiger partial charge in [0.15, 0.2) is 17.3 Å². The van der Waals surface area contributed by atoms with Gasteiger partial charge in [-0.3, -0.25) is 0 Å². The Kier molecular flexibility index (Phi) is 4.97. The van der Waals surface area contributed by atoms with E-state index in [2.05, 4.69) is 5.16 Å². The number of furan rings is 1. The van der Waals surface area contributed by atoms with Crippen LogP contribution >= 0.6 is 0 Å². The van der Waals surface area contributed by atoms with Crippen LogP contribution in [0.15, 0.2) is 39.3 Å². The van der Waals surface area contributed by atoms with Crippen molar-refractivity contribution in [3.8, 4) is 22.8 Å². The lowest BCUT2D eigenvalue weighted by Gasteiger charge is -2.07. The van der Waals surface area contributed by atoms with E-state index in [0.717, 1.165) is 5.56 Å². The topological polar surface area (TPSA) is 83.9 Å². The summed E-state index contributed by atoms with van der Waals surface area (Å²) in [7, 11) is 3.13. The molecule has 7 heteroatoms. The molecule has 136 valence electrons.